The number of aromatic hydroxyl groups is 1. The number of Topliss-reactive ketones (excluding diaryl/α,β-unsaturated/α-hetero) is 1. The quantitative estimate of drug-likeness (QED) is 0.136. The summed E-state index contributed by atoms with van der Waals surface area (Å²) in [4.78, 5) is 20.6. The van der Waals surface area contributed by atoms with Gasteiger partial charge in [-0.05, 0) is 88.4 Å². The summed E-state index contributed by atoms with van der Waals surface area (Å²) in [5.74, 6) is 2.94. The normalized spacial score (nSPS) is 9.46. The Morgan fingerprint density at radius 1 is 1.07 bits per heavy atom. The maximum absolute atomic E-state index is 13.7. The van der Waals surface area contributed by atoms with Crippen LogP contribution in [-0.2, 0) is 15.0 Å². The molecule has 46 heavy (non-hydrogen) atoms. The van der Waals surface area contributed by atoms with Crippen LogP contribution in [0.2, 0.25) is 0 Å². The molecular weight excluding hydrogens is 584 g/mol. The molecule has 0 saturated heterocycles. The van der Waals surface area contributed by atoms with Crippen LogP contribution in [0, 0.1) is 25.6 Å². The number of phenolic OH excluding ortho intramolecular Hbond substituents is 1. The second-order valence-electron chi connectivity index (χ2n) is 11.3. The van der Waals surface area contributed by atoms with Crippen LogP contribution in [0.15, 0.2) is 49.6 Å². The van der Waals surface area contributed by atoms with E-state index < -0.39 is 5.41 Å². The lowest BCUT2D eigenvalue weighted by Gasteiger charge is -2.26. The number of nitrogens with one attached hydrogen (secondary N) is 1. The number of anilines is 1. The Labute approximate surface area is 280 Å². The molecule has 2 aromatic rings. The lowest BCUT2D eigenvalue weighted by molar-refractivity contribution is -0.123. The zero-order valence-electron chi connectivity index (χ0n) is 31.0. The summed E-state index contributed by atoms with van der Waals surface area (Å²) >= 11 is 0. The summed E-state index contributed by atoms with van der Waals surface area (Å²) in [5.41, 5.74) is 2.87. The Bertz CT molecular complexity index is 1090. The standard InChI is InChI=1S/C15H22FNO.C9H20.C8H10O2.C4H8.C2H2O.CH3F/c1-6-14(18)15(4,5)12-8-11(16)9-13(10(12)3)17-7-2;1-4-5-6-7-8-9(2)3;1-6-3-4-7(9)5-8(6)10-2;1-3-4-2;1-2-3;1-2/h8-9,17H,6-7H2,1-5H3;9H,4-8H2,1-3H3;3-5,9H,1-2H3;3H,1,4H2,2H3;1H2;1H3. The summed E-state index contributed by atoms with van der Waals surface area (Å²) < 4.78 is 28.1. The Morgan fingerprint density at radius 2 is 1.61 bits per heavy atom. The van der Waals surface area contributed by atoms with Gasteiger partial charge in [-0.1, -0.05) is 78.9 Å². The zero-order valence-corrected chi connectivity index (χ0v) is 31.0. The molecule has 0 unspecified atom stereocenters. The van der Waals surface area contributed by atoms with Crippen molar-refractivity contribution in [1.82, 2.24) is 0 Å². The molecule has 264 valence electrons. The van der Waals surface area contributed by atoms with Crippen LogP contribution in [0.5, 0.6) is 11.5 Å². The van der Waals surface area contributed by atoms with Gasteiger partial charge < -0.3 is 15.2 Å². The molecule has 0 aliphatic heterocycles. The first-order valence-corrected chi connectivity index (χ1v) is 16.2. The second-order valence-corrected chi connectivity index (χ2v) is 11.3. The van der Waals surface area contributed by atoms with Gasteiger partial charge in [0.25, 0.3) is 0 Å². The molecule has 0 fully saturated rings. The fourth-order valence-electron chi connectivity index (χ4n) is 4.08. The number of ether oxygens (including phenoxy) is 1. The molecule has 2 aromatic carbocycles. The molecule has 0 saturated carbocycles. The van der Waals surface area contributed by atoms with Crippen molar-refractivity contribution < 1.29 is 28.2 Å². The summed E-state index contributed by atoms with van der Waals surface area (Å²) in [5, 5.41) is 12.1. The fourth-order valence-corrected chi connectivity index (χ4v) is 4.08. The molecule has 0 amide bonds. The second kappa shape index (κ2) is 31.5. The van der Waals surface area contributed by atoms with Crippen molar-refractivity contribution in [2.45, 2.75) is 120 Å². The summed E-state index contributed by atoms with van der Waals surface area (Å²) in [7, 11) is 2.09. The number of benzene rings is 2. The summed E-state index contributed by atoms with van der Waals surface area (Å²) in [6, 6.07) is 8.00. The Kier molecular flexibility index (Phi) is 33.9. The largest absolute Gasteiger partial charge is 0.508 e. The van der Waals surface area contributed by atoms with Crippen molar-refractivity contribution in [2.24, 2.45) is 5.92 Å². The first kappa shape index (κ1) is 49.4. The number of aryl methyl sites for hydroxylation is 1. The average molecular weight is 650 g/mol. The molecule has 0 radical (unpaired) electrons. The van der Waals surface area contributed by atoms with Crippen LogP contribution in [-0.4, -0.2) is 37.7 Å². The van der Waals surface area contributed by atoms with E-state index in [-0.39, 0.29) is 17.3 Å². The molecule has 0 aromatic heterocycles. The minimum absolute atomic E-state index is 0.124. The number of phenols is 1. The van der Waals surface area contributed by atoms with Gasteiger partial charge in [0, 0.05) is 30.1 Å². The van der Waals surface area contributed by atoms with Gasteiger partial charge >= 0.3 is 0 Å². The van der Waals surface area contributed by atoms with Gasteiger partial charge in [-0.3, -0.25) is 9.18 Å². The monoisotopic (exact) mass is 649 g/mol. The van der Waals surface area contributed by atoms with Gasteiger partial charge in [0.1, 0.15) is 29.0 Å². The zero-order chi connectivity index (χ0) is 36.7. The molecule has 2 N–H and O–H groups in total. The molecule has 0 atom stereocenters. The lowest BCUT2D eigenvalue weighted by atomic mass is 9.77. The minimum Gasteiger partial charge on any atom is -0.508 e. The Balaban J connectivity index is -0.000000268. The van der Waals surface area contributed by atoms with E-state index in [1.165, 1.54) is 50.2 Å². The number of ketones is 1. The van der Waals surface area contributed by atoms with Crippen LogP contribution >= 0.6 is 0 Å². The predicted molar refractivity (Wildman–Crippen MR) is 195 cm³/mol. The summed E-state index contributed by atoms with van der Waals surface area (Å²) in [6.07, 6.45) is 10.5. The molecule has 0 bridgehead atoms. The summed E-state index contributed by atoms with van der Waals surface area (Å²) in [6.45, 7) is 27.2. The molecule has 0 aliphatic rings. The molecule has 0 aliphatic carbocycles. The van der Waals surface area contributed by atoms with E-state index in [0.29, 0.717) is 13.6 Å². The van der Waals surface area contributed by atoms with E-state index in [1.807, 2.05) is 53.7 Å². The predicted octanol–water partition coefficient (Wildman–Crippen LogP) is 11.3. The number of alkyl halides is 1. The van der Waals surface area contributed by atoms with Crippen molar-refractivity contribution in [2.75, 3.05) is 26.1 Å². The smallest absolute Gasteiger partial charge is 0.142 e. The van der Waals surface area contributed by atoms with Crippen molar-refractivity contribution in [3.05, 3.63) is 72.1 Å². The maximum Gasteiger partial charge on any atom is 0.142 e. The van der Waals surface area contributed by atoms with Crippen LogP contribution < -0.4 is 10.1 Å². The van der Waals surface area contributed by atoms with Gasteiger partial charge in [-0.25, -0.2) is 9.18 Å². The number of unbranched alkanes of at least 4 members (excludes halogenated alkanes) is 3. The van der Waals surface area contributed by atoms with E-state index in [1.54, 1.807) is 19.2 Å². The van der Waals surface area contributed by atoms with E-state index >= 15 is 0 Å². The third kappa shape index (κ3) is 23.9. The highest BCUT2D eigenvalue weighted by atomic mass is 19.1. The Morgan fingerprint density at radius 3 is 2.00 bits per heavy atom. The topological polar surface area (TPSA) is 75.6 Å². The highest BCUT2D eigenvalue weighted by Crippen LogP contribution is 2.33. The number of allylic oxidation sites excluding steroid dienone is 1. The lowest BCUT2D eigenvalue weighted by Crippen LogP contribution is -2.29. The van der Waals surface area contributed by atoms with Crippen LogP contribution in [0.3, 0.4) is 0 Å². The molecule has 2 rings (SSSR count). The van der Waals surface area contributed by atoms with Crippen molar-refractivity contribution >= 4 is 17.4 Å². The van der Waals surface area contributed by atoms with Gasteiger partial charge in [0.05, 0.1) is 14.3 Å². The van der Waals surface area contributed by atoms with E-state index in [4.69, 9.17) is 14.6 Å². The van der Waals surface area contributed by atoms with Crippen molar-refractivity contribution in [3.8, 4) is 11.5 Å². The third-order valence-corrected chi connectivity index (χ3v) is 6.75. The number of halogens is 2. The van der Waals surface area contributed by atoms with Crippen molar-refractivity contribution in [3.63, 3.8) is 0 Å². The van der Waals surface area contributed by atoms with Crippen LogP contribution in [0.25, 0.3) is 0 Å². The molecule has 0 spiro atoms. The van der Waals surface area contributed by atoms with Gasteiger partial charge in [0.2, 0.25) is 0 Å². The minimum atomic E-state index is -0.648. The average Bonchev–Trinajstić information content (AvgIpc) is 3.03. The molecule has 7 heteroatoms. The number of carbonyl (C=O) groups excluding carboxylic acids is 2. The fraction of sp³-hybridized carbons (Fsp3) is 0.564. The van der Waals surface area contributed by atoms with E-state index in [9.17, 15) is 13.6 Å². The molecular formula is C39H65F2NO4. The van der Waals surface area contributed by atoms with E-state index in [2.05, 4.69) is 46.2 Å². The third-order valence-electron chi connectivity index (χ3n) is 6.75. The van der Waals surface area contributed by atoms with Crippen LogP contribution in [0.1, 0.15) is 117 Å². The van der Waals surface area contributed by atoms with Gasteiger partial charge in [-0.2, -0.15) is 0 Å². The maximum atomic E-state index is 13.7. The highest BCUT2D eigenvalue weighted by molar-refractivity contribution is 5.90. The Hall–Kier alpha value is -3.44. The molecule has 0 heterocycles. The number of carbonyl (C=O) groups is 1. The first-order valence-electron chi connectivity index (χ1n) is 16.2. The van der Waals surface area contributed by atoms with Crippen LogP contribution in [0.4, 0.5) is 14.5 Å². The highest BCUT2D eigenvalue weighted by Gasteiger charge is 2.30. The number of rotatable bonds is 12. The number of hydrogen-bond acceptors (Lipinski definition) is 5. The van der Waals surface area contributed by atoms with Crippen molar-refractivity contribution in [1.29, 1.82) is 0 Å². The number of hydrogen-bond donors (Lipinski definition) is 2. The number of methoxy groups -OCH3 is 1. The van der Waals surface area contributed by atoms with Gasteiger partial charge in [0.15, 0.2) is 0 Å². The van der Waals surface area contributed by atoms with E-state index in [0.717, 1.165) is 47.0 Å². The SMILES string of the molecule is C=C=O.C=CCC.CCCCCCC(C)C.CCNc1cc(F)cc(C(C)(C)C(=O)CC)c1C.CF.COc1cc(O)ccc1C. The first-order chi connectivity index (χ1) is 21.7. The molecule has 5 nitrogen and oxygen atoms in total. The van der Waals surface area contributed by atoms with Gasteiger partial charge in [-0.15, -0.1) is 6.58 Å².